The van der Waals surface area contributed by atoms with Crippen molar-refractivity contribution in [2.45, 2.75) is 110 Å². The summed E-state index contributed by atoms with van der Waals surface area (Å²) in [6, 6.07) is 0. The first-order chi connectivity index (χ1) is 11.2. The van der Waals surface area contributed by atoms with Crippen LogP contribution in [0.25, 0.3) is 0 Å². The molecule has 146 valence electrons. The molecule has 4 heteroatoms. The molecule has 0 amide bonds. The summed E-state index contributed by atoms with van der Waals surface area (Å²) in [5, 5.41) is 17.7. The number of rotatable bonds is 17. The fourth-order valence-electron chi connectivity index (χ4n) is 2.60. The van der Waals surface area contributed by atoms with E-state index in [9.17, 15) is 4.79 Å². The topological polar surface area (TPSA) is 66.8 Å². The van der Waals surface area contributed by atoms with Crippen molar-refractivity contribution in [3.05, 3.63) is 0 Å². The van der Waals surface area contributed by atoms with E-state index < -0.39 is 6.10 Å². The van der Waals surface area contributed by atoms with Gasteiger partial charge in [0.2, 0.25) is 0 Å². The van der Waals surface area contributed by atoms with Crippen molar-refractivity contribution in [1.82, 2.24) is 0 Å². The molecule has 0 aromatic rings. The summed E-state index contributed by atoms with van der Waals surface area (Å²) < 4.78 is 4.85. The third kappa shape index (κ3) is 19.4. The number of aliphatic hydroxyl groups excluding tert-OH is 2. The molecule has 0 aromatic heterocycles. The maximum atomic E-state index is 11.3. The van der Waals surface area contributed by atoms with Crippen LogP contribution in [0.4, 0.5) is 0 Å². The van der Waals surface area contributed by atoms with E-state index in [1.165, 1.54) is 70.6 Å². The van der Waals surface area contributed by atoms with Crippen molar-refractivity contribution in [2.75, 3.05) is 13.2 Å². The Hall–Kier alpha value is -0.610. The van der Waals surface area contributed by atoms with Gasteiger partial charge in [0.25, 0.3) is 0 Å². The zero-order valence-corrected chi connectivity index (χ0v) is 15.1. The normalized spacial score (nSPS) is 11.8. The Kier molecular flexibility index (Phi) is 21.8. The Morgan fingerprint density at radius 3 is 1.67 bits per heavy atom. The maximum absolute atomic E-state index is 11.3. The predicted octanol–water partition coefficient (Wildman–Crippen LogP) is 5.00. The second-order valence-electron chi connectivity index (χ2n) is 6.51. The first-order valence-corrected chi connectivity index (χ1v) is 9.65. The summed E-state index contributed by atoms with van der Waals surface area (Å²) in [4.78, 5) is 11.3. The van der Waals surface area contributed by atoms with E-state index in [2.05, 4.69) is 6.92 Å². The number of unbranched alkanes of at least 4 members (excludes halogenated alkanes) is 12. The van der Waals surface area contributed by atoms with E-state index >= 15 is 0 Å². The molecule has 0 radical (unpaired) electrons. The van der Waals surface area contributed by atoms with Crippen LogP contribution in [0, 0.1) is 0 Å². The number of carbonyl (C=O) groups is 1. The van der Waals surface area contributed by atoms with Crippen molar-refractivity contribution < 1.29 is 19.7 Å². The van der Waals surface area contributed by atoms with Crippen LogP contribution < -0.4 is 0 Å². The van der Waals surface area contributed by atoms with Gasteiger partial charge in [-0.05, 0) is 6.42 Å². The Morgan fingerprint density at radius 1 is 0.833 bits per heavy atom. The molecular formula is C20H42O4. The van der Waals surface area contributed by atoms with Crippen LogP contribution in [0.2, 0.25) is 0 Å². The molecule has 0 aliphatic rings. The largest absolute Gasteiger partial charge is 0.463 e. The Balaban J connectivity index is 0. The quantitative estimate of drug-likeness (QED) is 0.287. The molecule has 24 heavy (non-hydrogen) atoms. The van der Waals surface area contributed by atoms with Crippen LogP contribution in [0.15, 0.2) is 0 Å². The first kappa shape index (κ1) is 25.6. The summed E-state index contributed by atoms with van der Waals surface area (Å²) in [6.07, 6.45) is 16.1. The minimum Gasteiger partial charge on any atom is -0.463 e. The van der Waals surface area contributed by atoms with Crippen LogP contribution >= 0.6 is 0 Å². The zero-order valence-electron chi connectivity index (χ0n) is 15.1. The highest BCUT2D eigenvalue weighted by Gasteiger charge is 2.07. The number of aliphatic hydroxyl groups is 2. The summed E-state index contributed by atoms with van der Waals surface area (Å²) in [5.41, 5.74) is 0. The van der Waals surface area contributed by atoms with Gasteiger partial charge in [-0.3, -0.25) is 4.79 Å². The van der Waals surface area contributed by atoms with Gasteiger partial charge in [0.15, 0.2) is 0 Å². The highest BCUT2D eigenvalue weighted by atomic mass is 16.5. The van der Waals surface area contributed by atoms with E-state index in [-0.39, 0.29) is 26.6 Å². The van der Waals surface area contributed by atoms with Gasteiger partial charge >= 0.3 is 5.97 Å². The summed E-state index contributed by atoms with van der Waals surface area (Å²) in [7, 11) is 0. The van der Waals surface area contributed by atoms with Gasteiger partial charge in [0.05, 0.1) is 6.61 Å². The average Bonchev–Trinajstić information content (AvgIpc) is 2.56. The molecule has 2 N–H and O–H groups in total. The molecular weight excluding hydrogens is 304 g/mol. The van der Waals surface area contributed by atoms with Gasteiger partial charge in [-0.25, -0.2) is 0 Å². The lowest BCUT2D eigenvalue weighted by Gasteiger charge is -2.08. The van der Waals surface area contributed by atoms with E-state index in [1.807, 2.05) is 0 Å². The lowest BCUT2D eigenvalue weighted by molar-refractivity contribution is -0.147. The molecule has 0 spiro atoms. The lowest BCUT2D eigenvalue weighted by atomic mass is 10.0. The number of hydrogen-bond donors (Lipinski definition) is 2. The molecule has 0 heterocycles. The lowest BCUT2D eigenvalue weighted by Crippen LogP contribution is -2.21. The van der Waals surface area contributed by atoms with Crippen molar-refractivity contribution in [3.63, 3.8) is 0 Å². The predicted molar refractivity (Wildman–Crippen MR) is 101 cm³/mol. The Morgan fingerprint density at radius 2 is 1.25 bits per heavy atom. The first-order valence-electron chi connectivity index (χ1n) is 9.65. The number of carbonyl (C=O) groups excluding carboxylic acids is 1. The molecule has 0 aromatic carbocycles. The fraction of sp³-hybridized carbons (Fsp3) is 0.950. The van der Waals surface area contributed by atoms with Crippen LogP contribution in [0.3, 0.4) is 0 Å². The van der Waals surface area contributed by atoms with Gasteiger partial charge in [0, 0.05) is 6.42 Å². The van der Waals surface area contributed by atoms with Crippen LogP contribution in [-0.4, -0.2) is 35.5 Å². The standard InChI is InChI=1S/C19H38O4.CH4/c1-2-3-4-5-6-7-8-9-10-11-12-13-14-15-19(22)23-17-18(21)16-20;/h18,20-21H,2-17H2,1H3;1H4. The smallest absolute Gasteiger partial charge is 0.305 e. The molecule has 0 aliphatic heterocycles. The molecule has 1 unspecified atom stereocenters. The van der Waals surface area contributed by atoms with Crippen molar-refractivity contribution >= 4 is 5.97 Å². The van der Waals surface area contributed by atoms with Crippen LogP contribution in [0.5, 0.6) is 0 Å². The molecule has 0 saturated carbocycles. The number of ether oxygens (including phenoxy) is 1. The van der Waals surface area contributed by atoms with Crippen molar-refractivity contribution in [2.24, 2.45) is 0 Å². The van der Waals surface area contributed by atoms with Gasteiger partial charge in [-0.1, -0.05) is 91.4 Å². The highest BCUT2D eigenvalue weighted by Crippen LogP contribution is 2.13. The Labute approximate surface area is 150 Å². The monoisotopic (exact) mass is 346 g/mol. The highest BCUT2D eigenvalue weighted by molar-refractivity contribution is 5.69. The molecule has 0 aliphatic carbocycles. The third-order valence-electron chi connectivity index (χ3n) is 4.13. The van der Waals surface area contributed by atoms with Gasteiger partial charge in [-0.15, -0.1) is 0 Å². The van der Waals surface area contributed by atoms with E-state index in [0.29, 0.717) is 6.42 Å². The van der Waals surface area contributed by atoms with E-state index in [1.54, 1.807) is 0 Å². The van der Waals surface area contributed by atoms with Crippen molar-refractivity contribution in [1.29, 1.82) is 0 Å². The summed E-state index contributed by atoms with van der Waals surface area (Å²) in [6.45, 7) is 1.78. The molecule has 0 rings (SSSR count). The number of hydrogen-bond acceptors (Lipinski definition) is 4. The third-order valence-corrected chi connectivity index (χ3v) is 4.13. The van der Waals surface area contributed by atoms with Crippen LogP contribution in [0.1, 0.15) is 104 Å². The van der Waals surface area contributed by atoms with Crippen molar-refractivity contribution in [3.8, 4) is 0 Å². The minimum atomic E-state index is -0.953. The summed E-state index contributed by atoms with van der Waals surface area (Å²) in [5.74, 6) is -0.277. The van der Waals surface area contributed by atoms with Gasteiger partial charge in [0.1, 0.15) is 12.7 Å². The molecule has 4 nitrogen and oxygen atoms in total. The Bertz CT molecular complexity index is 256. The second-order valence-corrected chi connectivity index (χ2v) is 6.51. The molecule has 0 fully saturated rings. The minimum absolute atomic E-state index is 0. The van der Waals surface area contributed by atoms with Crippen LogP contribution in [-0.2, 0) is 9.53 Å². The molecule has 0 bridgehead atoms. The van der Waals surface area contributed by atoms with Gasteiger partial charge in [-0.2, -0.15) is 0 Å². The SMILES string of the molecule is C.CCCCCCCCCCCCCCCC(=O)OCC(O)CO. The van der Waals surface area contributed by atoms with E-state index in [0.717, 1.165) is 12.8 Å². The summed E-state index contributed by atoms with van der Waals surface area (Å²) >= 11 is 0. The average molecular weight is 347 g/mol. The molecule has 1 atom stereocenters. The fourth-order valence-corrected chi connectivity index (χ4v) is 2.60. The second kappa shape index (κ2) is 20.4. The number of esters is 1. The van der Waals surface area contributed by atoms with E-state index in [4.69, 9.17) is 14.9 Å². The zero-order chi connectivity index (χ0) is 17.2. The van der Waals surface area contributed by atoms with Gasteiger partial charge < -0.3 is 14.9 Å². The maximum Gasteiger partial charge on any atom is 0.305 e. The molecule has 0 saturated heterocycles.